The smallest absolute Gasteiger partial charge is 0.313 e. The topological polar surface area (TPSA) is 125 Å². The molecule has 0 aliphatic carbocycles. The van der Waals surface area contributed by atoms with Crippen LogP contribution in [0.4, 0.5) is 0 Å². The summed E-state index contributed by atoms with van der Waals surface area (Å²) in [5, 5.41) is 12.2. The largest absolute Gasteiger partial charge is 0.455 e. The van der Waals surface area contributed by atoms with E-state index < -0.39 is 47.7 Å². The average molecular weight is 745 g/mol. The van der Waals surface area contributed by atoms with Gasteiger partial charge in [0.2, 0.25) is 17.7 Å². The molecule has 49 heavy (non-hydrogen) atoms. The van der Waals surface area contributed by atoms with Crippen LogP contribution in [0.2, 0.25) is 0 Å². The number of rotatable bonds is 21. The van der Waals surface area contributed by atoms with Gasteiger partial charge in [-0.15, -0.1) is 13.2 Å². The molecule has 3 amide bonds. The van der Waals surface area contributed by atoms with Crippen molar-refractivity contribution in [3.05, 3.63) is 61.2 Å². The maximum Gasteiger partial charge on any atom is 0.313 e. The molecule has 0 aromatic heterocycles. The Labute approximate surface area is 299 Å². The third-order valence-corrected chi connectivity index (χ3v) is 10.9. The number of nitrogens with zero attached hydrogens (tertiary/aromatic N) is 2. The molecule has 10 nitrogen and oxygen atoms in total. The molecule has 1 unspecified atom stereocenters. The molecule has 1 aromatic rings. The number of likely N-dealkylation sites (tertiary alicyclic amines) is 1. The number of amides is 3. The van der Waals surface area contributed by atoms with Crippen molar-refractivity contribution < 1.29 is 33.8 Å². The van der Waals surface area contributed by atoms with Gasteiger partial charge in [-0.2, -0.15) is 0 Å². The molecule has 3 heterocycles. The molecule has 8 atom stereocenters. The van der Waals surface area contributed by atoms with Gasteiger partial charge >= 0.3 is 5.97 Å². The lowest BCUT2D eigenvalue weighted by molar-refractivity contribution is -0.162. The highest BCUT2D eigenvalue weighted by Gasteiger charge is 2.77. The van der Waals surface area contributed by atoms with E-state index in [1.54, 1.807) is 28.9 Å². The summed E-state index contributed by atoms with van der Waals surface area (Å²) < 4.78 is 13.0. The molecule has 1 aromatic carbocycles. The van der Waals surface area contributed by atoms with Crippen molar-refractivity contribution in [2.24, 2.45) is 11.8 Å². The van der Waals surface area contributed by atoms with Gasteiger partial charge in [-0.1, -0.05) is 91.0 Å². The number of carbonyl (C=O) groups excluding carboxylic acids is 4. The first kappa shape index (κ1) is 38.8. The standard InChI is InChI=1S/C38H54BrN3O7/c1-5-8-15-22-41(21-7-3)36(46)34-38-25-28(39)33(49-38)30(31(38)35(45)42(34)23-16-10-11-17-24-43)37(47)48-32(27-18-13-12-14-19-27)26(4)40-29(44)20-9-6-2/h6-7,12-14,18-19,26,28,30-34,43H,2-3,5,8-11,15-17,20-25H2,1,4H3,(H,40,44)/t26-,28?,30+,31-,32-,33+,34+,38-/m1/s1. The van der Waals surface area contributed by atoms with E-state index in [1.165, 1.54) is 0 Å². The second-order valence-electron chi connectivity index (χ2n) is 13.6. The fraction of sp³-hybridized carbons (Fsp3) is 0.632. The highest BCUT2D eigenvalue weighted by atomic mass is 79.9. The maximum absolute atomic E-state index is 14.6. The minimum atomic E-state index is -1.20. The quantitative estimate of drug-likeness (QED) is 0.0763. The normalized spacial score (nSPS) is 26.6. The minimum Gasteiger partial charge on any atom is -0.455 e. The number of allylic oxidation sites excluding steroid dienone is 1. The zero-order valence-corrected chi connectivity index (χ0v) is 30.7. The SMILES string of the molecule is C=CCCC(=O)N[C@H](C)[C@@H](OC(=O)[C@@H]1[C@H]2O[C@@]3(CC2Br)[C@H](C(=O)N(CC=C)CCCCC)N(CCCCCCO)C(=O)[C@@H]13)c1ccccc1. The van der Waals surface area contributed by atoms with Crippen LogP contribution in [0.25, 0.3) is 0 Å². The van der Waals surface area contributed by atoms with Crippen LogP contribution >= 0.6 is 15.9 Å². The Hall–Kier alpha value is -3.02. The molecule has 2 N–H and O–H groups in total. The number of nitrogens with one attached hydrogen (secondary N) is 1. The lowest BCUT2D eigenvalue weighted by Gasteiger charge is -2.37. The number of unbranched alkanes of at least 4 members (excludes halogenated alkanes) is 5. The number of carbonyl (C=O) groups is 4. The summed E-state index contributed by atoms with van der Waals surface area (Å²) in [6, 6.07) is 7.79. The van der Waals surface area contributed by atoms with E-state index in [0.717, 1.165) is 32.1 Å². The summed E-state index contributed by atoms with van der Waals surface area (Å²) >= 11 is 3.76. The van der Waals surface area contributed by atoms with Crippen LogP contribution in [0, 0.1) is 11.8 Å². The third kappa shape index (κ3) is 8.66. The molecule has 3 aliphatic heterocycles. The maximum atomic E-state index is 14.6. The van der Waals surface area contributed by atoms with E-state index in [4.69, 9.17) is 9.47 Å². The Kier molecular flexibility index (Phi) is 14.5. The van der Waals surface area contributed by atoms with E-state index in [0.29, 0.717) is 50.9 Å². The van der Waals surface area contributed by atoms with Crippen LogP contribution in [0.3, 0.4) is 0 Å². The van der Waals surface area contributed by atoms with Gasteiger partial charge in [-0.25, -0.2) is 0 Å². The lowest BCUT2D eigenvalue weighted by Crippen LogP contribution is -2.57. The first-order valence-electron chi connectivity index (χ1n) is 17.9. The molecule has 1 spiro atoms. The predicted octanol–water partition coefficient (Wildman–Crippen LogP) is 5.25. The van der Waals surface area contributed by atoms with Crippen molar-refractivity contribution in [3.8, 4) is 0 Å². The van der Waals surface area contributed by atoms with Crippen molar-refractivity contribution in [2.75, 3.05) is 26.2 Å². The first-order chi connectivity index (χ1) is 23.6. The number of ether oxygens (including phenoxy) is 2. The van der Waals surface area contributed by atoms with Crippen molar-refractivity contribution >= 4 is 39.6 Å². The lowest BCUT2D eigenvalue weighted by atomic mass is 9.70. The van der Waals surface area contributed by atoms with Gasteiger partial charge in [0.15, 0.2) is 0 Å². The number of aliphatic hydroxyl groups is 1. The van der Waals surface area contributed by atoms with Crippen molar-refractivity contribution in [1.29, 1.82) is 0 Å². The minimum absolute atomic E-state index is 0.107. The molecule has 11 heteroatoms. The summed E-state index contributed by atoms with van der Waals surface area (Å²) in [5.41, 5.74) is -0.484. The Morgan fingerprint density at radius 2 is 1.88 bits per heavy atom. The van der Waals surface area contributed by atoms with E-state index >= 15 is 0 Å². The van der Waals surface area contributed by atoms with Crippen LogP contribution in [0.15, 0.2) is 55.6 Å². The average Bonchev–Trinajstić information content (AvgIpc) is 3.68. The van der Waals surface area contributed by atoms with Crippen LogP contribution < -0.4 is 5.32 Å². The van der Waals surface area contributed by atoms with Crippen molar-refractivity contribution in [3.63, 3.8) is 0 Å². The van der Waals surface area contributed by atoms with E-state index in [-0.39, 0.29) is 35.6 Å². The molecule has 0 saturated carbocycles. The summed E-state index contributed by atoms with van der Waals surface area (Å²) in [7, 11) is 0. The molecule has 0 radical (unpaired) electrons. The van der Waals surface area contributed by atoms with Crippen molar-refractivity contribution in [2.45, 2.75) is 113 Å². The number of fused-ring (bicyclic) bond motifs is 1. The number of hydrogen-bond acceptors (Lipinski definition) is 7. The number of esters is 1. The molecule has 2 bridgehead atoms. The third-order valence-electron chi connectivity index (χ3n) is 10.1. The Bertz CT molecular complexity index is 1310. The number of alkyl halides is 1. The number of aliphatic hydroxyl groups excluding tert-OH is 1. The van der Waals surface area contributed by atoms with E-state index in [9.17, 15) is 24.3 Å². The second-order valence-corrected chi connectivity index (χ2v) is 14.7. The van der Waals surface area contributed by atoms with Gasteiger partial charge in [0.05, 0.1) is 24.0 Å². The zero-order valence-electron chi connectivity index (χ0n) is 29.1. The van der Waals surface area contributed by atoms with Gasteiger partial charge in [0, 0.05) is 37.5 Å². The fourth-order valence-corrected chi connectivity index (χ4v) is 8.72. The Balaban J connectivity index is 1.66. The summed E-state index contributed by atoms with van der Waals surface area (Å²) in [6.45, 7) is 12.8. The fourth-order valence-electron chi connectivity index (χ4n) is 7.78. The molecule has 3 fully saturated rings. The summed E-state index contributed by atoms with van der Waals surface area (Å²) in [6.07, 6.45) is 8.84. The van der Waals surface area contributed by atoms with Crippen LogP contribution in [0.5, 0.6) is 0 Å². The van der Waals surface area contributed by atoms with Gasteiger partial charge in [0.25, 0.3) is 0 Å². The van der Waals surface area contributed by atoms with Crippen LogP contribution in [-0.2, 0) is 28.7 Å². The highest BCUT2D eigenvalue weighted by molar-refractivity contribution is 9.09. The molecular formula is C38H54BrN3O7. The van der Waals surface area contributed by atoms with Gasteiger partial charge in [0.1, 0.15) is 17.7 Å². The Morgan fingerprint density at radius 3 is 2.55 bits per heavy atom. The van der Waals surface area contributed by atoms with Gasteiger partial charge in [-0.3, -0.25) is 19.2 Å². The summed E-state index contributed by atoms with van der Waals surface area (Å²) in [5.74, 6) is -3.05. The predicted molar refractivity (Wildman–Crippen MR) is 192 cm³/mol. The first-order valence-corrected chi connectivity index (χ1v) is 18.8. The van der Waals surface area contributed by atoms with Crippen LogP contribution in [0.1, 0.15) is 89.7 Å². The molecular weight excluding hydrogens is 690 g/mol. The van der Waals surface area contributed by atoms with Gasteiger partial charge < -0.3 is 29.7 Å². The summed E-state index contributed by atoms with van der Waals surface area (Å²) in [4.78, 5) is 59.3. The van der Waals surface area contributed by atoms with E-state index in [1.807, 2.05) is 30.3 Å². The molecule has 4 rings (SSSR count). The van der Waals surface area contributed by atoms with Crippen molar-refractivity contribution in [1.82, 2.24) is 15.1 Å². The highest BCUT2D eigenvalue weighted by Crippen LogP contribution is 2.60. The molecule has 270 valence electrons. The zero-order chi connectivity index (χ0) is 35.6. The number of benzene rings is 1. The molecule has 3 aliphatic rings. The number of hydrogen-bond donors (Lipinski definition) is 2. The Morgan fingerprint density at radius 1 is 1.14 bits per heavy atom. The van der Waals surface area contributed by atoms with Gasteiger partial charge in [-0.05, 0) is 44.6 Å². The number of halogens is 1. The second kappa shape index (κ2) is 18.3. The van der Waals surface area contributed by atoms with Crippen LogP contribution in [-0.4, -0.2) is 93.5 Å². The van der Waals surface area contributed by atoms with E-state index in [2.05, 4.69) is 41.3 Å². The monoisotopic (exact) mass is 743 g/mol. The molecule has 3 saturated heterocycles.